The quantitative estimate of drug-likeness (QED) is 0.772. The van der Waals surface area contributed by atoms with Crippen molar-refractivity contribution in [2.45, 2.75) is 13.5 Å². The molecule has 92 valence electrons. The van der Waals surface area contributed by atoms with Gasteiger partial charge in [-0.3, -0.25) is 0 Å². The summed E-state index contributed by atoms with van der Waals surface area (Å²) in [6, 6.07) is 13.7. The number of halogens is 1. The molecule has 0 radical (unpaired) electrons. The molecule has 0 fully saturated rings. The van der Waals surface area contributed by atoms with E-state index in [2.05, 4.69) is 0 Å². The van der Waals surface area contributed by atoms with Crippen LogP contribution in [-0.2, 0) is 11.3 Å². The largest absolute Gasteiger partial charge is 0.457 e. The van der Waals surface area contributed by atoms with Gasteiger partial charge in [-0.1, -0.05) is 36.4 Å². The molecule has 0 amide bonds. The van der Waals surface area contributed by atoms with Crippen LogP contribution >= 0.6 is 0 Å². The molecule has 0 heterocycles. The van der Waals surface area contributed by atoms with Crippen LogP contribution in [0, 0.1) is 12.7 Å². The summed E-state index contributed by atoms with van der Waals surface area (Å²) in [4.78, 5) is 11.7. The predicted molar refractivity (Wildman–Crippen MR) is 66.7 cm³/mol. The topological polar surface area (TPSA) is 26.3 Å². The van der Waals surface area contributed by atoms with Crippen molar-refractivity contribution in [1.29, 1.82) is 0 Å². The van der Waals surface area contributed by atoms with Gasteiger partial charge in [0, 0.05) is 0 Å². The number of ether oxygens (including phenoxy) is 1. The van der Waals surface area contributed by atoms with Crippen molar-refractivity contribution in [3.8, 4) is 0 Å². The van der Waals surface area contributed by atoms with Crippen molar-refractivity contribution in [1.82, 2.24) is 0 Å². The Morgan fingerprint density at radius 3 is 2.56 bits per heavy atom. The summed E-state index contributed by atoms with van der Waals surface area (Å²) in [5.41, 5.74) is 1.61. The van der Waals surface area contributed by atoms with Crippen molar-refractivity contribution in [2.24, 2.45) is 0 Å². The van der Waals surface area contributed by atoms with Crippen LogP contribution in [0.3, 0.4) is 0 Å². The smallest absolute Gasteiger partial charge is 0.341 e. The molecule has 0 saturated carbocycles. The maximum absolute atomic E-state index is 13.5. The minimum absolute atomic E-state index is 0.0310. The van der Waals surface area contributed by atoms with E-state index in [4.69, 9.17) is 4.74 Å². The number of carbonyl (C=O) groups excluding carboxylic acids is 1. The molecule has 2 nitrogen and oxygen atoms in total. The third-order valence-corrected chi connectivity index (χ3v) is 2.56. The molecule has 0 N–H and O–H groups in total. The summed E-state index contributed by atoms with van der Waals surface area (Å²) in [6.45, 7) is 1.91. The van der Waals surface area contributed by atoms with Gasteiger partial charge in [-0.25, -0.2) is 9.18 Å². The fourth-order valence-corrected chi connectivity index (χ4v) is 1.59. The van der Waals surface area contributed by atoms with E-state index in [-0.39, 0.29) is 12.2 Å². The van der Waals surface area contributed by atoms with Gasteiger partial charge in [0.25, 0.3) is 0 Å². The van der Waals surface area contributed by atoms with Crippen LogP contribution in [0.1, 0.15) is 21.5 Å². The van der Waals surface area contributed by atoms with Gasteiger partial charge in [0.2, 0.25) is 0 Å². The lowest BCUT2D eigenvalue weighted by Crippen LogP contribution is -2.07. The molecular weight excluding hydrogens is 231 g/mol. The highest BCUT2D eigenvalue weighted by Crippen LogP contribution is 2.12. The molecule has 0 aliphatic carbocycles. The number of benzene rings is 2. The molecule has 0 aromatic heterocycles. The number of carbonyl (C=O) groups is 1. The van der Waals surface area contributed by atoms with Gasteiger partial charge in [0.05, 0.1) is 5.56 Å². The average Bonchev–Trinajstić information content (AvgIpc) is 2.37. The molecule has 0 saturated heterocycles. The minimum Gasteiger partial charge on any atom is -0.457 e. The van der Waals surface area contributed by atoms with Gasteiger partial charge in [0.1, 0.15) is 12.4 Å². The summed E-state index contributed by atoms with van der Waals surface area (Å²) in [5.74, 6) is -1.19. The third kappa shape index (κ3) is 2.94. The van der Waals surface area contributed by atoms with Crippen LogP contribution in [0.25, 0.3) is 0 Å². The molecule has 2 aromatic rings. The zero-order chi connectivity index (χ0) is 13.0. The van der Waals surface area contributed by atoms with E-state index in [1.54, 1.807) is 13.0 Å². The number of rotatable bonds is 3. The first-order valence-electron chi connectivity index (χ1n) is 5.64. The number of hydrogen-bond acceptors (Lipinski definition) is 2. The number of esters is 1. The van der Waals surface area contributed by atoms with Crippen LogP contribution in [0.5, 0.6) is 0 Å². The normalized spacial score (nSPS) is 10.1. The molecule has 2 rings (SSSR count). The van der Waals surface area contributed by atoms with Gasteiger partial charge >= 0.3 is 5.97 Å². The van der Waals surface area contributed by atoms with Gasteiger partial charge < -0.3 is 4.74 Å². The summed E-state index contributed by atoms with van der Waals surface area (Å²) in [6.07, 6.45) is 0. The van der Waals surface area contributed by atoms with Crippen molar-refractivity contribution >= 4 is 5.97 Å². The maximum atomic E-state index is 13.5. The summed E-state index contributed by atoms with van der Waals surface area (Å²) in [7, 11) is 0. The monoisotopic (exact) mass is 244 g/mol. The van der Waals surface area contributed by atoms with E-state index in [9.17, 15) is 9.18 Å². The van der Waals surface area contributed by atoms with Crippen LogP contribution in [0.15, 0.2) is 48.5 Å². The second-order valence-corrected chi connectivity index (χ2v) is 4.05. The highest BCUT2D eigenvalue weighted by atomic mass is 19.1. The molecule has 0 aliphatic rings. The average molecular weight is 244 g/mol. The van der Waals surface area contributed by atoms with Gasteiger partial charge in [-0.2, -0.15) is 0 Å². The molecule has 0 spiro atoms. The Morgan fingerprint density at radius 2 is 1.89 bits per heavy atom. The first-order valence-corrected chi connectivity index (χ1v) is 5.64. The minimum atomic E-state index is -0.642. The zero-order valence-electron chi connectivity index (χ0n) is 10.0. The van der Waals surface area contributed by atoms with Crippen LogP contribution in [0.2, 0.25) is 0 Å². The van der Waals surface area contributed by atoms with E-state index in [0.29, 0.717) is 0 Å². The number of hydrogen-bond donors (Lipinski definition) is 0. The van der Waals surface area contributed by atoms with E-state index in [0.717, 1.165) is 11.1 Å². The first-order chi connectivity index (χ1) is 8.66. The maximum Gasteiger partial charge on any atom is 0.341 e. The Bertz CT molecular complexity index is 550. The SMILES string of the molecule is Cc1ccc(C(=O)OCc2ccccc2)c(F)c1. The van der Waals surface area contributed by atoms with E-state index in [1.807, 2.05) is 30.3 Å². The van der Waals surface area contributed by atoms with Crippen LogP contribution < -0.4 is 0 Å². The van der Waals surface area contributed by atoms with Crippen LogP contribution in [0.4, 0.5) is 4.39 Å². The highest BCUT2D eigenvalue weighted by Gasteiger charge is 2.12. The predicted octanol–water partition coefficient (Wildman–Crippen LogP) is 3.49. The molecule has 18 heavy (non-hydrogen) atoms. The summed E-state index contributed by atoms with van der Waals surface area (Å²) >= 11 is 0. The Kier molecular flexibility index (Phi) is 3.72. The van der Waals surface area contributed by atoms with Gasteiger partial charge in [0.15, 0.2) is 0 Å². The first kappa shape index (κ1) is 12.3. The molecule has 0 bridgehead atoms. The molecule has 3 heteroatoms. The van der Waals surface area contributed by atoms with E-state index >= 15 is 0 Å². The third-order valence-electron chi connectivity index (χ3n) is 2.56. The lowest BCUT2D eigenvalue weighted by molar-refractivity contribution is 0.0467. The fourth-order valence-electron chi connectivity index (χ4n) is 1.59. The van der Waals surface area contributed by atoms with Crippen molar-refractivity contribution in [3.05, 3.63) is 71.0 Å². The fraction of sp³-hybridized carbons (Fsp3) is 0.133. The van der Waals surface area contributed by atoms with Crippen LogP contribution in [-0.4, -0.2) is 5.97 Å². The highest BCUT2D eigenvalue weighted by molar-refractivity contribution is 5.89. The van der Waals surface area contributed by atoms with Gasteiger partial charge in [-0.15, -0.1) is 0 Å². The molecule has 2 aromatic carbocycles. The lowest BCUT2D eigenvalue weighted by Gasteiger charge is -2.06. The zero-order valence-corrected chi connectivity index (χ0v) is 10.0. The lowest BCUT2D eigenvalue weighted by atomic mass is 10.1. The second kappa shape index (κ2) is 5.45. The van der Waals surface area contributed by atoms with E-state index < -0.39 is 11.8 Å². The van der Waals surface area contributed by atoms with Gasteiger partial charge in [-0.05, 0) is 30.2 Å². The summed E-state index contributed by atoms with van der Waals surface area (Å²) < 4.78 is 18.6. The van der Waals surface area contributed by atoms with E-state index in [1.165, 1.54) is 12.1 Å². The number of aryl methyl sites for hydroxylation is 1. The van der Waals surface area contributed by atoms with Crippen molar-refractivity contribution < 1.29 is 13.9 Å². The second-order valence-electron chi connectivity index (χ2n) is 4.05. The Morgan fingerprint density at radius 1 is 1.17 bits per heavy atom. The summed E-state index contributed by atoms with van der Waals surface area (Å²) in [5, 5.41) is 0. The van der Waals surface area contributed by atoms with Crippen molar-refractivity contribution in [3.63, 3.8) is 0 Å². The van der Waals surface area contributed by atoms with Crippen molar-refractivity contribution in [2.75, 3.05) is 0 Å². The standard InChI is InChI=1S/C15H13FO2/c1-11-7-8-13(14(16)9-11)15(17)18-10-12-5-3-2-4-6-12/h2-9H,10H2,1H3. The Hall–Kier alpha value is -2.16. The Labute approximate surface area is 105 Å². The molecule has 0 atom stereocenters. The Balaban J connectivity index is 2.04. The molecule has 0 unspecified atom stereocenters. The molecular formula is C15H13FO2. The molecule has 0 aliphatic heterocycles.